The summed E-state index contributed by atoms with van der Waals surface area (Å²) in [5.41, 5.74) is 0.483. The Labute approximate surface area is 80.6 Å². The number of hydrogen-bond donors (Lipinski definition) is 1. The predicted octanol–water partition coefficient (Wildman–Crippen LogP) is 0.749. The second kappa shape index (κ2) is 2.59. The highest BCUT2D eigenvalue weighted by atomic mass is 16.2. The maximum Gasteiger partial charge on any atom is 0.328 e. The highest BCUT2D eigenvalue weighted by Gasteiger charge is 2.29. The Morgan fingerprint density at radius 2 is 1.93 bits per heavy atom. The number of nitrogens with zero attached hydrogens (tertiary/aromatic N) is 1. The number of aromatic amines is 1. The van der Waals surface area contributed by atoms with E-state index in [2.05, 4.69) is 4.98 Å². The third-order valence-corrected chi connectivity index (χ3v) is 2.92. The summed E-state index contributed by atoms with van der Waals surface area (Å²) >= 11 is 0. The van der Waals surface area contributed by atoms with Crippen molar-refractivity contribution in [3.63, 3.8) is 0 Å². The lowest BCUT2D eigenvalue weighted by Crippen LogP contribution is -2.34. The second-order valence-electron chi connectivity index (χ2n) is 4.24. The van der Waals surface area contributed by atoms with Gasteiger partial charge in [-0.25, -0.2) is 4.79 Å². The van der Waals surface area contributed by atoms with E-state index in [9.17, 15) is 9.59 Å². The van der Waals surface area contributed by atoms with Gasteiger partial charge in [-0.05, 0) is 31.6 Å². The van der Waals surface area contributed by atoms with Crippen molar-refractivity contribution in [1.29, 1.82) is 0 Å². The first-order valence-electron chi connectivity index (χ1n) is 5.11. The van der Waals surface area contributed by atoms with Gasteiger partial charge in [-0.2, -0.15) is 0 Å². The van der Waals surface area contributed by atoms with Gasteiger partial charge in [0.2, 0.25) is 0 Å². The molecule has 0 atom stereocenters. The van der Waals surface area contributed by atoms with Crippen LogP contribution in [0.5, 0.6) is 0 Å². The van der Waals surface area contributed by atoms with Crippen LogP contribution in [0.3, 0.4) is 0 Å². The monoisotopic (exact) mass is 192 g/mol. The molecule has 3 rings (SSSR count). The van der Waals surface area contributed by atoms with Gasteiger partial charge in [-0.3, -0.25) is 9.36 Å². The molecule has 74 valence electrons. The minimum Gasteiger partial charge on any atom is -0.311 e. The molecule has 2 aliphatic rings. The van der Waals surface area contributed by atoms with E-state index in [1.54, 1.807) is 6.07 Å². The molecule has 4 heteroatoms. The van der Waals surface area contributed by atoms with E-state index in [1.165, 1.54) is 4.57 Å². The molecule has 1 heterocycles. The average molecular weight is 192 g/mol. The zero-order chi connectivity index (χ0) is 9.71. The molecule has 0 unspecified atom stereocenters. The third-order valence-electron chi connectivity index (χ3n) is 2.92. The first kappa shape index (κ1) is 8.03. The maximum atomic E-state index is 11.6. The van der Waals surface area contributed by atoms with E-state index in [0.29, 0.717) is 5.92 Å². The normalized spacial score (nSPS) is 21.1. The van der Waals surface area contributed by atoms with Gasteiger partial charge in [0.05, 0.1) is 0 Å². The molecule has 0 amide bonds. The third kappa shape index (κ3) is 1.22. The molecule has 0 bridgehead atoms. The quantitative estimate of drug-likeness (QED) is 0.751. The fourth-order valence-electron chi connectivity index (χ4n) is 1.82. The van der Waals surface area contributed by atoms with Gasteiger partial charge in [0.1, 0.15) is 0 Å². The van der Waals surface area contributed by atoms with Crippen molar-refractivity contribution >= 4 is 0 Å². The molecule has 2 aliphatic carbocycles. The Morgan fingerprint density at radius 3 is 2.43 bits per heavy atom. The lowest BCUT2D eigenvalue weighted by Gasteiger charge is -2.03. The predicted molar refractivity (Wildman–Crippen MR) is 51.6 cm³/mol. The maximum absolute atomic E-state index is 11.6. The molecule has 0 radical (unpaired) electrons. The summed E-state index contributed by atoms with van der Waals surface area (Å²) in [5, 5.41) is 0. The highest BCUT2D eigenvalue weighted by molar-refractivity contribution is 5.13. The van der Waals surface area contributed by atoms with Crippen LogP contribution in [0.15, 0.2) is 15.7 Å². The highest BCUT2D eigenvalue weighted by Crippen LogP contribution is 2.38. The van der Waals surface area contributed by atoms with Crippen molar-refractivity contribution in [2.75, 3.05) is 0 Å². The molecule has 0 aliphatic heterocycles. The van der Waals surface area contributed by atoms with E-state index >= 15 is 0 Å². The molecule has 1 aromatic heterocycles. The van der Waals surface area contributed by atoms with Crippen molar-refractivity contribution in [3.8, 4) is 0 Å². The van der Waals surface area contributed by atoms with Gasteiger partial charge in [0.25, 0.3) is 5.56 Å². The van der Waals surface area contributed by atoms with Gasteiger partial charge >= 0.3 is 5.69 Å². The number of nitrogens with one attached hydrogen (secondary N) is 1. The summed E-state index contributed by atoms with van der Waals surface area (Å²) in [5.74, 6) is 0.434. The van der Waals surface area contributed by atoms with Gasteiger partial charge in [0.15, 0.2) is 0 Å². The Bertz CT molecular complexity index is 446. The Kier molecular flexibility index (Phi) is 1.48. The molecule has 0 spiro atoms. The lowest BCUT2D eigenvalue weighted by atomic mass is 10.3. The van der Waals surface area contributed by atoms with E-state index in [4.69, 9.17) is 0 Å². The first-order chi connectivity index (χ1) is 6.75. The summed E-state index contributed by atoms with van der Waals surface area (Å²) in [6.45, 7) is 0. The van der Waals surface area contributed by atoms with Crippen LogP contribution in [0, 0.1) is 0 Å². The zero-order valence-electron chi connectivity index (χ0n) is 7.82. The number of hydrogen-bond acceptors (Lipinski definition) is 2. The van der Waals surface area contributed by atoms with Crippen LogP contribution in [0.1, 0.15) is 43.3 Å². The van der Waals surface area contributed by atoms with Crippen LogP contribution < -0.4 is 11.2 Å². The summed E-state index contributed by atoms with van der Waals surface area (Å²) < 4.78 is 1.35. The molecule has 1 N–H and O–H groups in total. The number of rotatable bonds is 2. The van der Waals surface area contributed by atoms with Crippen molar-refractivity contribution in [2.24, 2.45) is 0 Å². The van der Waals surface area contributed by atoms with Crippen LogP contribution in [0.2, 0.25) is 0 Å². The van der Waals surface area contributed by atoms with E-state index in [-0.39, 0.29) is 17.3 Å². The summed E-state index contributed by atoms with van der Waals surface area (Å²) in [7, 11) is 0. The van der Waals surface area contributed by atoms with Gasteiger partial charge < -0.3 is 4.98 Å². The second-order valence-corrected chi connectivity index (χ2v) is 4.24. The molecular formula is C10H12N2O2. The molecule has 14 heavy (non-hydrogen) atoms. The Balaban J connectivity index is 2.14. The molecule has 2 fully saturated rings. The van der Waals surface area contributed by atoms with E-state index in [0.717, 1.165) is 31.4 Å². The summed E-state index contributed by atoms with van der Waals surface area (Å²) in [4.78, 5) is 26.0. The largest absolute Gasteiger partial charge is 0.328 e. The van der Waals surface area contributed by atoms with E-state index in [1.807, 2.05) is 0 Å². The molecular weight excluding hydrogens is 180 g/mol. The van der Waals surface area contributed by atoms with Gasteiger partial charge in [0, 0.05) is 17.8 Å². The molecule has 2 saturated carbocycles. The minimum absolute atomic E-state index is 0.127. The standard InChI is InChI=1S/C10H12N2O2/c13-9-5-8(6-1-2-6)11-10(14)12(9)7-3-4-7/h5-7H,1-4H2,(H,11,14). The summed E-state index contributed by atoms with van der Waals surface area (Å²) in [6.07, 6.45) is 4.13. The average Bonchev–Trinajstić information content (AvgIpc) is 2.99. The van der Waals surface area contributed by atoms with Crippen molar-refractivity contribution in [1.82, 2.24) is 9.55 Å². The molecule has 4 nitrogen and oxygen atoms in total. The fourth-order valence-corrected chi connectivity index (χ4v) is 1.82. The first-order valence-corrected chi connectivity index (χ1v) is 5.11. The summed E-state index contributed by atoms with van der Waals surface area (Å²) in [6, 6.07) is 1.76. The number of aromatic nitrogens is 2. The van der Waals surface area contributed by atoms with Crippen molar-refractivity contribution in [3.05, 3.63) is 32.6 Å². The van der Waals surface area contributed by atoms with Crippen LogP contribution in [-0.2, 0) is 0 Å². The molecule has 0 saturated heterocycles. The fraction of sp³-hybridized carbons (Fsp3) is 0.600. The van der Waals surface area contributed by atoms with Crippen LogP contribution >= 0.6 is 0 Å². The lowest BCUT2D eigenvalue weighted by molar-refractivity contribution is 0.646. The van der Waals surface area contributed by atoms with Gasteiger partial charge in [-0.15, -0.1) is 0 Å². The van der Waals surface area contributed by atoms with Crippen molar-refractivity contribution < 1.29 is 0 Å². The molecule has 1 aromatic rings. The molecule has 0 aromatic carbocycles. The Hall–Kier alpha value is -1.32. The smallest absolute Gasteiger partial charge is 0.311 e. The Morgan fingerprint density at radius 1 is 1.21 bits per heavy atom. The SMILES string of the molecule is O=c1cc(C2CC2)[nH]c(=O)n1C1CC1. The van der Waals surface area contributed by atoms with E-state index < -0.39 is 0 Å². The number of H-pyrrole nitrogens is 1. The van der Waals surface area contributed by atoms with Crippen LogP contribution in [0.25, 0.3) is 0 Å². The topological polar surface area (TPSA) is 54.9 Å². The minimum atomic E-state index is -0.220. The van der Waals surface area contributed by atoms with Crippen LogP contribution in [-0.4, -0.2) is 9.55 Å². The zero-order valence-corrected chi connectivity index (χ0v) is 7.82. The van der Waals surface area contributed by atoms with Crippen LogP contribution in [0.4, 0.5) is 0 Å². The van der Waals surface area contributed by atoms with Gasteiger partial charge in [-0.1, -0.05) is 0 Å². The van der Waals surface area contributed by atoms with Crippen molar-refractivity contribution in [2.45, 2.75) is 37.6 Å².